The highest BCUT2D eigenvalue weighted by molar-refractivity contribution is 7.10. The molecule has 0 aliphatic rings. The number of thiophene rings is 1. The molecule has 3 rings (SSSR count). The number of nitrogens with one attached hydrogen (secondary N) is 2. The predicted octanol–water partition coefficient (Wildman–Crippen LogP) is 4.97. The van der Waals surface area contributed by atoms with Gasteiger partial charge in [0.2, 0.25) is 0 Å². The smallest absolute Gasteiger partial charge is 0.320 e. The molecule has 0 fully saturated rings. The summed E-state index contributed by atoms with van der Waals surface area (Å²) in [6, 6.07) is 21.4. The van der Waals surface area contributed by atoms with Crippen LogP contribution in [0.4, 0.5) is 10.5 Å². The zero-order chi connectivity index (χ0) is 16.1. The molecule has 0 unspecified atom stereocenters. The van der Waals surface area contributed by atoms with Crippen LogP contribution in [0.1, 0.15) is 22.0 Å². The summed E-state index contributed by atoms with van der Waals surface area (Å²) in [6.07, 6.45) is 0. The number of carbonyl (C=O) groups excluding carboxylic acids is 1. The molecular formula is C19H18N2OS. The third-order valence-corrected chi connectivity index (χ3v) is 4.48. The van der Waals surface area contributed by atoms with Crippen LogP contribution >= 0.6 is 11.3 Å². The molecule has 2 aromatic carbocycles. The number of hydrogen-bond donors (Lipinski definition) is 2. The Labute approximate surface area is 140 Å². The Hall–Kier alpha value is -2.59. The number of hydrogen-bond acceptors (Lipinski definition) is 2. The van der Waals surface area contributed by atoms with Gasteiger partial charge in [0.05, 0.1) is 6.04 Å². The van der Waals surface area contributed by atoms with Crippen molar-refractivity contribution in [2.75, 3.05) is 5.32 Å². The second-order valence-electron chi connectivity index (χ2n) is 5.32. The van der Waals surface area contributed by atoms with Gasteiger partial charge >= 0.3 is 6.03 Å². The fourth-order valence-electron chi connectivity index (χ4n) is 2.35. The van der Waals surface area contributed by atoms with Gasteiger partial charge in [-0.25, -0.2) is 4.79 Å². The molecule has 0 bridgehead atoms. The minimum atomic E-state index is -0.212. The monoisotopic (exact) mass is 322 g/mol. The van der Waals surface area contributed by atoms with E-state index in [0.717, 1.165) is 21.7 Å². The molecule has 0 aliphatic heterocycles. The number of benzene rings is 2. The van der Waals surface area contributed by atoms with Crippen LogP contribution in [-0.4, -0.2) is 6.03 Å². The van der Waals surface area contributed by atoms with E-state index in [9.17, 15) is 4.79 Å². The number of urea groups is 1. The van der Waals surface area contributed by atoms with E-state index < -0.39 is 0 Å². The highest BCUT2D eigenvalue weighted by Gasteiger charge is 2.17. The fourth-order valence-corrected chi connectivity index (χ4v) is 3.16. The lowest BCUT2D eigenvalue weighted by atomic mass is 10.1. The van der Waals surface area contributed by atoms with Crippen LogP contribution in [0.3, 0.4) is 0 Å². The number of rotatable bonds is 4. The first-order valence-corrected chi connectivity index (χ1v) is 8.33. The third-order valence-electron chi connectivity index (χ3n) is 3.55. The van der Waals surface area contributed by atoms with Crippen molar-refractivity contribution in [3.8, 4) is 0 Å². The normalized spacial score (nSPS) is 11.7. The van der Waals surface area contributed by atoms with Crippen molar-refractivity contribution in [3.63, 3.8) is 0 Å². The number of amides is 2. The summed E-state index contributed by atoms with van der Waals surface area (Å²) >= 11 is 1.63. The first kappa shape index (κ1) is 15.3. The molecule has 0 saturated carbocycles. The summed E-state index contributed by atoms with van der Waals surface area (Å²) in [5.41, 5.74) is 3.01. The Morgan fingerprint density at radius 1 is 0.957 bits per heavy atom. The summed E-state index contributed by atoms with van der Waals surface area (Å²) in [5, 5.41) is 7.96. The minimum Gasteiger partial charge on any atom is -0.326 e. The lowest BCUT2D eigenvalue weighted by molar-refractivity contribution is 0.250. The average molecular weight is 322 g/mol. The molecular weight excluding hydrogens is 304 g/mol. The molecule has 3 aromatic rings. The maximum Gasteiger partial charge on any atom is 0.320 e. The van der Waals surface area contributed by atoms with Crippen LogP contribution in [0.2, 0.25) is 0 Å². The van der Waals surface area contributed by atoms with Gasteiger partial charge < -0.3 is 10.6 Å². The maximum absolute atomic E-state index is 12.4. The molecule has 1 heterocycles. The lowest BCUT2D eigenvalue weighted by Gasteiger charge is -2.18. The third kappa shape index (κ3) is 3.99. The number of anilines is 1. The van der Waals surface area contributed by atoms with Gasteiger partial charge in [-0.3, -0.25) is 0 Å². The predicted molar refractivity (Wildman–Crippen MR) is 95.9 cm³/mol. The van der Waals surface area contributed by atoms with Crippen molar-refractivity contribution in [2.45, 2.75) is 13.0 Å². The van der Waals surface area contributed by atoms with Gasteiger partial charge in [0.15, 0.2) is 0 Å². The molecule has 116 valence electrons. The van der Waals surface area contributed by atoms with Crippen molar-refractivity contribution in [2.24, 2.45) is 0 Å². The van der Waals surface area contributed by atoms with E-state index in [4.69, 9.17) is 0 Å². The van der Waals surface area contributed by atoms with Crippen molar-refractivity contribution < 1.29 is 4.79 Å². The quantitative estimate of drug-likeness (QED) is 0.700. The van der Waals surface area contributed by atoms with E-state index in [0.29, 0.717) is 0 Å². The molecule has 1 atom stereocenters. The van der Waals surface area contributed by atoms with Crippen molar-refractivity contribution in [1.29, 1.82) is 0 Å². The van der Waals surface area contributed by atoms with Crippen LogP contribution < -0.4 is 10.6 Å². The largest absolute Gasteiger partial charge is 0.326 e. The summed E-state index contributed by atoms with van der Waals surface area (Å²) in [6.45, 7) is 2.02. The molecule has 2 amide bonds. The Morgan fingerprint density at radius 2 is 1.70 bits per heavy atom. The van der Waals surface area contributed by atoms with Gasteiger partial charge in [-0.2, -0.15) is 0 Å². The van der Waals surface area contributed by atoms with E-state index >= 15 is 0 Å². The van der Waals surface area contributed by atoms with Gasteiger partial charge in [0.25, 0.3) is 0 Å². The van der Waals surface area contributed by atoms with Gasteiger partial charge in [0.1, 0.15) is 0 Å². The SMILES string of the molecule is Cc1ccc(NC(=O)N[C@H](c2ccccc2)c2cccs2)cc1. The molecule has 0 spiro atoms. The molecule has 0 aliphatic carbocycles. The standard InChI is InChI=1S/C19H18N2OS/c1-14-9-11-16(12-10-14)20-19(22)21-18(17-8-5-13-23-17)15-6-3-2-4-7-15/h2-13,18H,1H3,(H2,20,21,22)/t18-/m1/s1. The van der Waals surface area contributed by atoms with E-state index in [1.54, 1.807) is 11.3 Å². The Morgan fingerprint density at radius 3 is 2.35 bits per heavy atom. The van der Waals surface area contributed by atoms with Gasteiger partial charge in [-0.15, -0.1) is 11.3 Å². The fraction of sp³-hybridized carbons (Fsp3) is 0.105. The zero-order valence-electron chi connectivity index (χ0n) is 12.8. The van der Waals surface area contributed by atoms with E-state index in [1.807, 2.05) is 79.0 Å². The molecule has 3 nitrogen and oxygen atoms in total. The minimum absolute atomic E-state index is 0.151. The molecule has 0 saturated heterocycles. The Bertz CT molecular complexity index is 752. The van der Waals surface area contributed by atoms with Crippen LogP contribution in [0, 0.1) is 6.92 Å². The van der Waals surface area contributed by atoms with Crippen LogP contribution in [0.15, 0.2) is 72.1 Å². The number of aryl methyl sites for hydroxylation is 1. The van der Waals surface area contributed by atoms with E-state index in [-0.39, 0.29) is 12.1 Å². The van der Waals surface area contributed by atoms with Crippen molar-refractivity contribution >= 4 is 23.1 Å². The summed E-state index contributed by atoms with van der Waals surface area (Å²) < 4.78 is 0. The molecule has 1 aromatic heterocycles. The second kappa shape index (κ2) is 7.11. The highest BCUT2D eigenvalue weighted by atomic mass is 32.1. The van der Waals surface area contributed by atoms with E-state index in [2.05, 4.69) is 10.6 Å². The van der Waals surface area contributed by atoms with Crippen LogP contribution in [0.5, 0.6) is 0 Å². The highest BCUT2D eigenvalue weighted by Crippen LogP contribution is 2.26. The van der Waals surface area contributed by atoms with Crippen LogP contribution in [-0.2, 0) is 0 Å². The molecule has 4 heteroatoms. The first-order chi connectivity index (χ1) is 11.2. The Kier molecular flexibility index (Phi) is 4.74. The maximum atomic E-state index is 12.4. The molecule has 0 radical (unpaired) electrons. The van der Waals surface area contributed by atoms with E-state index in [1.165, 1.54) is 0 Å². The topological polar surface area (TPSA) is 41.1 Å². The van der Waals surface area contributed by atoms with Gasteiger partial charge in [-0.05, 0) is 36.1 Å². The lowest BCUT2D eigenvalue weighted by Crippen LogP contribution is -2.32. The van der Waals surface area contributed by atoms with Crippen LogP contribution in [0.25, 0.3) is 0 Å². The van der Waals surface area contributed by atoms with Crippen molar-refractivity contribution in [1.82, 2.24) is 5.32 Å². The van der Waals surface area contributed by atoms with Gasteiger partial charge in [0, 0.05) is 10.6 Å². The second-order valence-corrected chi connectivity index (χ2v) is 6.30. The van der Waals surface area contributed by atoms with Crippen molar-refractivity contribution in [3.05, 3.63) is 88.1 Å². The summed E-state index contributed by atoms with van der Waals surface area (Å²) in [5.74, 6) is 0. The number of carbonyl (C=O) groups is 1. The van der Waals surface area contributed by atoms with Gasteiger partial charge in [-0.1, -0.05) is 54.1 Å². The zero-order valence-corrected chi connectivity index (χ0v) is 13.6. The average Bonchev–Trinajstić information content (AvgIpc) is 3.10. The summed E-state index contributed by atoms with van der Waals surface area (Å²) in [4.78, 5) is 13.5. The Balaban J connectivity index is 1.76. The molecule has 2 N–H and O–H groups in total. The molecule has 23 heavy (non-hydrogen) atoms. The first-order valence-electron chi connectivity index (χ1n) is 7.45. The summed E-state index contributed by atoms with van der Waals surface area (Å²) in [7, 11) is 0.